The first-order valence-electron chi connectivity index (χ1n) is 18.5. The average molecular weight is 764 g/mol. The molecule has 0 saturated carbocycles. The Morgan fingerprint density at radius 3 is 1.79 bits per heavy atom. The number of imide groups is 1. The molecule has 0 aromatic rings. The minimum atomic E-state index is -1.16. The number of nitrogens with zero attached hydrogens (tertiary/aromatic N) is 1. The average Bonchev–Trinajstić information content (AvgIpc) is 3.11. The minimum Gasteiger partial charge on any atom is -0.481 e. The van der Waals surface area contributed by atoms with Crippen LogP contribution in [-0.4, -0.2) is 128 Å². The van der Waals surface area contributed by atoms with Gasteiger partial charge in [-0.2, -0.15) is 0 Å². The topological polar surface area (TPSA) is 244 Å². The molecule has 0 fully saturated rings. The highest BCUT2D eigenvalue weighted by Crippen LogP contribution is 2.15. The van der Waals surface area contributed by atoms with E-state index >= 15 is 0 Å². The van der Waals surface area contributed by atoms with Crippen LogP contribution in [0.4, 0.5) is 0 Å². The Bertz CT molecular complexity index is 1040. The van der Waals surface area contributed by atoms with Crippen LogP contribution in [0.1, 0.15) is 109 Å². The number of nitrogens with one attached hydrogen (secondary N) is 3. The molecule has 0 aromatic carbocycles. The maximum Gasteiger partial charge on any atom is 0.320 e. The summed E-state index contributed by atoms with van der Waals surface area (Å²) in [7, 11) is 0. The largest absolute Gasteiger partial charge is 0.481 e. The monoisotopic (exact) mass is 763 g/mol. The minimum absolute atomic E-state index is 0.00991. The second-order valence-electron chi connectivity index (χ2n) is 12.5. The van der Waals surface area contributed by atoms with Crippen LogP contribution >= 0.6 is 11.6 Å². The molecule has 0 radical (unpaired) electrons. The molecule has 0 aromatic heterocycles. The quantitative estimate of drug-likeness (QED) is 0.0305. The van der Waals surface area contributed by atoms with E-state index in [2.05, 4.69) is 16.0 Å². The van der Waals surface area contributed by atoms with Gasteiger partial charge in [-0.05, 0) is 19.3 Å². The summed E-state index contributed by atoms with van der Waals surface area (Å²) in [5.41, 5.74) is 5.39. The van der Waals surface area contributed by atoms with Gasteiger partial charge < -0.3 is 46.2 Å². The third-order valence-electron chi connectivity index (χ3n) is 8.11. The van der Waals surface area contributed by atoms with Crippen LogP contribution in [0.2, 0.25) is 0 Å². The van der Waals surface area contributed by atoms with Crippen LogP contribution < -0.4 is 21.7 Å². The smallest absolute Gasteiger partial charge is 0.320 e. The molecule has 52 heavy (non-hydrogen) atoms. The second-order valence-corrected chi connectivity index (χ2v) is 12.8. The summed E-state index contributed by atoms with van der Waals surface area (Å²) in [6.07, 6.45) is 14.9. The number of rotatable bonds is 36. The Hall–Kier alpha value is -3.18. The van der Waals surface area contributed by atoms with E-state index in [4.69, 9.17) is 26.8 Å². The van der Waals surface area contributed by atoms with Gasteiger partial charge >= 0.3 is 11.9 Å². The van der Waals surface area contributed by atoms with Crippen molar-refractivity contribution >= 4 is 53.5 Å². The molecule has 0 aliphatic carbocycles. The zero-order chi connectivity index (χ0) is 38.8. The fourth-order valence-electron chi connectivity index (χ4n) is 5.34. The zero-order valence-electron chi connectivity index (χ0n) is 30.6. The Morgan fingerprint density at radius 1 is 0.731 bits per heavy atom. The highest BCUT2D eigenvalue weighted by Gasteiger charge is 2.24. The summed E-state index contributed by atoms with van der Waals surface area (Å²) in [5.74, 6) is -4.57. The molecule has 2 atom stereocenters. The molecule has 0 rings (SSSR count). The van der Waals surface area contributed by atoms with Crippen molar-refractivity contribution in [3.63, 3.8) is 0 Å². The molecule has 0 aliphatic rings. The Kier molecular flexibility index (Phi) is 31.6. The highest BCUT2D eigenvalue weighted by molar-refractivity contribution is 6.28. The lowest BCUT2D eigenvalue weighted by atomic mass is 10.0. The summed E-state index contributed by atoms with van der Waals surface area (Å²) in [4.78, 5) is 82.5. The van der Waals surface area contributed by atoms with Gasteiger partial charge in [-0.25, -0.2) is 0 Å². The third-order valence-corrected chi connectivity index (χ3v) is 8.33. The van der Waals surface area contributed by atoms with Crippen molar-refractivity contribution in [3.05, 3.63) is 0 Å². The molecule has 7 N–H and O–H groups in total. The SMILES string of the molecule is NCCN(C(=O)CCl)C(=O)COCCNC(=O)COCCNC(=O)CC[C@H](NC(CCCCCCCCCCCCCCC=O)CC(=O)O)C(=O)O. The molecule has 16 nitrogen and oxygen atoms in total. The standard InChI is InChI=1S/C35H62ClN5O11/c36-25-32(45)41(20-17-37)33(46)27-52-23-19-39-31(44)26-51-22-18-38-30(43)16-15-29(35(49)50)40-28(24-34(47)48)14-12-10-8-6-4-2-1-3-5-7-9-11-13-21-42/h21,28-29,40H,1-20,22-27,37H2,(H,38,43)(H,39,44)(H,47,48)(H,49,50)/t28?,29-/m0/s1. The van der Waals surface area contributed by atoms with E-state index in [0.29, 0.717) is 12.8 Å². The lowest BCUT2D eigenvalue weighted by Crippen LogP contribution is -2.45. The van der Waals surface area contributed by atoms with Crippen molar-refractivity contribution in [1.29, 1.82) is 0 Å². The van der Waals surface area contributed by atoms with Gasteiger partial charge in [-0.1, -0.05) is 70.6 Å². The van der Waals surface area contributed by atoms with E-state index < -0.39 is 47.7 Å². The van der Waals surface area contributed by atoms with Crippen LogP contribution in [0.15, 0.2) is 0 Å². The van der Waals surface area contributed by atoms with E-state index in [-0.39, 0.29) is 77.7 Å². The first kappa shape index (κ1) is 48.8. The summed E-state index contributed by atoms with van der Waals surface area (Å²) in [6.45, 7) is -0.340. The van der Waals surface area contributed by atoms with E-state index in [1.807, 2.05) is 0 Å². The normalized spacial score (nSPS) is 12.1. The summed E-state index contributed by atoms with van der Waals surface area (Å²) >= 11 is 5.48. The molecular formula is C35H62ClN5O11. The predicted molar refractivity (Wildman–Crippen MR) is 195 cm³/mol. The van der Waals surface area contributed by atoms with E-state index in [0.717, 1.165) is 56.1 Å². The summed E-state index contributed by atoms with van der Waals surface area (Å²) < 4.78 is 10.4. The van der Waals surface area contributed by atoms with E-state index in [1.165, 1.54) is 32.1 Å². The van der Waals surface area contributed by atoms with Gasteiger partial charge in [0.2, 0.25) is 17.7 Å². The van der Waals surface area contributed by atoms with Gasteiger partial charge in [0.25, 0.3) is 5.91 Å². The molecule has 0 heterocycles. The number of carbonyl (C=O) groups is 7. The molecule has 17 heteroatoms. The first-order valence-corrected chi connectivity index (χ1v) is 19.0. The molecule has 0 bridgehead atoms. The number of aldehydes is 1. The van der Waals surface area contributed by atoms with Gasteiger partial charge in [0.1, 0.15) is 31.4 Å². The molecule has 4 amide bonds. The van der Waals surface area contributed by atoms with Gasteiger partial charge in [0, 0.05) is 45.1 Å². The van der Waals surface area contributed by atoms with E-state index in [1.54, 1.807) is 0 Å². The van der Waals surface area contributed by atoms with Crippen LogP contribution in [0, 0.1) is 0 Å². The second kappa shape index (κ2) is 33.6. The molecule has 0 aliphatic heterocycles. The summed E-state index contributed by atoms with van der Waals surface area (Å²) in [5, 5.41) is 27.1. The number of aliphatic carboxylic acids is 2. The molecule has 0 spiro atoms. The van der Waals surface area contributed by atoms with Crippen molar-refractivity contribution in [2.75, 3.05) is 58.5 Å². The van der Waals surface area contributed by atoms with Crippen molar-refractivity contribution in [2.45, 2.75) is 121 Å². The van der Waals surface area contributed by atoms with E-state index in [9.17, 15) is 43.8 Å². The zero-order valence-corrected chi connectivity index (χ0v) is 31.3. The predicted octanol–water partition coefficient (Wildman–Crippen LogP) is 2.13. The van der Waals surface area contributed by atoms with Gasteiger partial charge in [-0.3, -0.25) is 33.7 Å². The maximum atomic E-state index is 12.3. The van der Waals surface area contributed by atoms with Gasteiger partial charge in [-0.15, -0.1) is 11.6 Å². The number of carboxylic acid groups (broad SMARTS) is 2. The fourth-order valence-corrected chi connectivity index (χ4v) is 5.48. The van der Waals surface area contributed by atoms with Gasteiger partial charge in [0.05, 0.1) is 19.6 Å². The summed E-state index contributed by atoms with van der Waals surface area (Å²) in [6, 6.07) is -1.61. The number of amides is 4. The molecule has 0 saturated heterocycles. The maximum absolute atomic E-state index is 12.3. The number of hydrogen-bond donors (Lipinski definition) is 6. The number of carbonyl (C=O) groups excluding carboxylic acids is 5. The van der Waals surface area contributed by atoms with Crippen molar-refractivity contribution < 1.29 is 53.2 Å². The fraction of sp³-hybridized carbons (Fsp3) is 0.800. The number of unbranched alkanes of at least 4 members (excludes halogenated alkanes) is 12. The number of carboxylic acids is 2. The number of nitrogens with two attached hydrogens (primary N) is 1. The van der Waals surface area contributed by atoms with Crippen molar-refractivity contribution in [2.24, 2.45) is 5.73 Å². The lowest BCUT2D eigenvalue weighted by molar-refractivity contribution is -0.146. The van der Waals surface area contributed by atoms with Crippen LogP contribution in [0.25, 0.3) is 0 Å². The number of halogens is 1. The third kappa shape index (κ3) is 28.4. The Balaban J connectivity index is 4.16. The molecular weight excluding hydrogens is 702 g/mol. The van der Waals surface area contributed by atoms with Crippen molar-refractivity contribution in [1.82, 2.24) is 20.9 Å². The van der Waals surface area contributed by atoms with Crippen molar-refractivity contribution in [3.8, 4) is 0 Å². The van der Waals surface area contributed by atoms with Gasteiger partial charge in [0.15, 0.2) is 0 Å². The Morgan fingerprint density at radius 2 is 1.27 bits per heavy atom. The number of hydrogen-bond acceptors (Lipinski definition) is 11. The highest BCUT2D eigenvalue weighted by atomic mass is 35.5. The number of ether oxygens (including phenoxy) is 2. The Labute approximate surface area is 312 Å². The molecule has 1 unspecified atom stereocenters. The van der Waals surface area contributed by atoms with Crippen LogP contribution in [0.5, 0.6) is 0 Å². The van der Waals surface area contributed by atoms with Crippen LogP contribution in [0.3, 0.4) is 0 Å². The van der Waals surface area contributed by atoms with Crippen LogP contribution in [-0.2, 0) is 43.0 Å². The first-order chi connectivity index (χ1) is 25.0. The molecule has 300 valence electrons. The number of alkyl halides is 1. The lowest BCUT2D eigenvalue weighted by Gasteiger charge is -2.22.